The lowest BCUT2D eigenvalue weighted by Crippen LogP contribution is -2.03. The standard InChI is InChI=1S/C13H8ClNO2/c14-12-6-5-8(17-12)7-10-9-3-1-2-4-11(9)15-13(10)16/h1-7H,(H,15,16). The van der Waals surface area contributed by atoms with Gasteiger partial charge in [-0.3, -0.25) is 4.79 Å². The molecule has 0 saturated heterocycles. The molecule has 2 aromatic rings. The van der Waals surface area contributed by atoms with Gasteiger partial charge in [-0.2, -0.15) is 0 Å². The lowest BCUT2D eigenvalue weighted by atomic mass is 10.1. The van der Waals surface area contributed by atoms with Crippen LogP contribution in [0.1, 0.15) is 11.3 Å². The third kappa shape index (κ3) is 1.74. The minimum absolute atomic E-state index is 0.126. The summed E-state index contributed by atoms with van der Waals surface area (Å²) >= 11 is 5.69. The molecule has 0 radical (unpaired) electrons. The summed E-state index contributed by atoms with van der Waals surface area (Å²) in [4.78, 5) is 11.8. The second-order valence-electron chi connectivity index (χ2n) is 3.70. The van der Waals surface area contributed by atoms with Crippen molar-refractivity contribution in [2.45, 2.75) is 0 Å². The van der Waals surface area contributed by atoms with Gasteiger partial charge in [0.05, 0.1) is 5.57 Å². The number of hydrogen-bond acceptors (Lipinski definition) is 2. The zero-order valence-electron chi connectivity index (χ0n) is 8.74. The first kappa shape index (κ1) is 10.2. The zero-order valence-corrected chi connectivity index (χ0v) is 9.49. The number of carbonyl (C=O) groups is 1. The van der Waals surface area contributed by atoms with Gasteiger partial charge in [0.1, 0.15) is 5.76 Å². The van der Waals surface area contributed by atoms with E-state index in [9.17, 15) is 4.79 Å². The number of fused-ring (bicyclic) bond motifs is 1. The number of rotatable bonds is 1. The number of hydrogen-bond donors (Lipinski definition) is 1. The highest BCUT2D eigenvalue weighted by atomic mass is 35.5. The third-order valence-corrected chi connectivity index (χ3v) is 2.79. The van der Waals surface area contributed by atoms with Gasteiger partial charge in [0.2, 0.25) is 0 Å². The Morgan fingerprint density at radius 1 is 1.18 bits per heavy atom. The average molecular weight is 246 g/mol. The summed E-state index contributed by atoms with van der Waals surface area (Å²) < 4.78 is 5.22. The van der Waals surface area contributed by atoms with Crippen LogP contribution in [0.4, 0.5) is 5.69 Å². The van der Waals surface area contributed by atoms with E-state index >= 15 is 0 Å². The molecule has 3 rings (SSSR count). The number of carbonyl (C=O) groups excluding carboxylic acids is 1. The van der Waals surface area contributed by atoms with Gasteiger partial charge in [-0.25, -0.2) is 0 Å². The molecule has 0 unspecified atom stereocenters. The molecular formula is C13H8ClNO2. The monoisotopic (exact) mass is 245 g/mol. The molecule has 1 aliphatic heterocycles. The lowest BCUT2D eigenvalue weighted by Gasteiger charge is -1.95. The van der Waals surface area contributed by atoms with Crippen LogP contribution in [0.2, 0.25) is 5.22 Å². The Hall–Kier alpha value is -2.00. The summed E-state index contributed by atoms with van der Waals surface area (Å²) in [6.07, 6.45) is 1.69. The number of amides is 1. The maximum Gasteiger partial charge on any atom is 0.256 e. The normalized spacial score (nSPS) is 16.1. The van der Waals surface area contributed by atoms with Gasteiger partial charge in [0.15, 0.2) is 5.22 Å². The second kappa shape index (κ2) is 3.79. The first-order valence-electron chi connectivity index (χ1n) is 5.12. The van der Waals surface area contributed by atoms with Crippen LogP contribution in [0.5, 0.6) is 0 Å². The van der Waals surface area contributed by atoms with Gasteiger partial charge in [0.25, 0.3) is 5.91 Å². The highest BCUT2D eigenvalue weighted by Crippen LogP contribution is 2.33. The van der Waals surface area contributed by atoms with Crippen molar-refractivity contribution in [3.63, 3.8) is 0 Å². The molecule has 1 aromatic carbocycles. The lowest BCUT2D eigenvalue weighted by molar-refractivity contribution is -0.110. The fourth-order valence-electron chi connectivity index (χ4n) is 1.83. The van der Waals surface area contributed by atoms with Gasteiger partial charge < -0.3 is 9.73 Å². The van der Waals surface area contributed by atoms with E-state index in [2.05, 4.69) is 5.32 Å². The summed E-state index contributed by atoms with van der Waals surface area (Å²) in [6.45, 7) is 0. The second-order valence-corrected chi connectivity index (χ2v) is 4.07. The van der Waals surface area contributed by atoms with Gasteiger partial charge in [-0.1, -0.05) is 18.2 Å². The summed E-state index contributed by atoms with van der Waals surface area (Å²) in [5.74, 6) is 0.440. The third-order valence-electron chi connectivity index (χ3n) is 2.59. The molecule has 0 aliphatic carbocycles. The van der Waals surface area contributed by atoms with Crippen molar-refractivity contribution >= 4 is 34.8 Å². The van der Waals surface area contributed by atoms with E-state index in [1.807, 2.05) is 24.3 Å². The van der Waals surface area contributed by atoms with Gasteiger partial charge in [-0.15, -0.1) is 0 Å². The zero-order chi connectivity index (χ0) is 11.8. The summed E-state index contributed by atoms with van der Waals surface area (Å²) in [5, 5.41) is 3.10. The highest BCUT2D eigenvalue weighted by molar-refractivity contribution is 6.34. The molecule has 1 N–H and O–H groups in total. The van der Waals surface area contributed by atoms with E-state index in [4.69, 9.17) is 16.0 Å². The minimum Gasteiger partial charge on any atom is -0.445 e. The molecule has 4 heteroatoms. The number of halogens is 1. The fraction of sp³-hybridized carbons (Fsp3) is 0. The Balaban J connectivity index is 2.09. The molecule has 1 aromatic heterocycles. The van der Waals surface area contributed by atoms with E-state index in [1.165, 1.54) is 0 Å². The Labute approximate surface area is 103 Å². The molecule has 1 amide bonds. The van der Waals surface area contributed by atoms with Crippen molar-refractivity contribution in [2.24, 2.45) is 0 Å². The first-order valence-corrected chi connectivity index (χ1v) is 5.49. The van der Waals surface area contributed by atoms with Crippen LogP contribution in [0.25, 0.3) is 11.6 Å². The molecule has 0 spiro atoms. The number of furan rings is 1. The van der Waals surface area contributed by atoms with Gasteiger partial charge in [0, 0.05) is 11.3 Å². The number of para-hydroxylation sites is 1. The maximum atomic E-state index is 11.8. The first-order chi connectivity index (χ1) is 8.24. The fourth-order valence-corrected chi connectivity index (χ4v) is 1.98. The molecule has 3 nitrogen and oxygen atoms in total. The van der Waals surface area contributed by atoms with Crippen molar-refractivity contribution < 1.29 is 9.21 Å². The molecule has 1 aliphatic rings. The molecule has 0 bridgehead atoms. The molecule has 84 valence electrons. The van der Waals surface area contributed by atoms with Crippen molar-refractivity contribution in [2.75, 3.05) is 5.32 Å². The molecule has 0 saturated carbocycles. The topological polar surface area (TPSA) is 42.2 Å². The predicted octanol–water partition coefficient (Wildman–Crippen LogP) is 3.43. The quantitative estimate of drug-likeness (QED) is 0.782. The van der Waals surface area contributed by atoms with Crippen LogP contribution in [0.3, 0.4) is 0 Å². The van der Waals surface area contributed by atoms with Crippen molar-refractivity contribution in [3.05, 3.63) is 52.9 Å². The predicted molar refractivity (Wildman–Crippen MR) is 66.7 cm³/mol. The van der Waals surface area contributed by atoms with E-state index in [0.29, 0.717) is 16.6 Å². The maximum absolute atomic E-state index is 11.8. The number of anilines is 1. The highest BCUT2D eigenvalue weighted by Gasteiger charge is 2.23. The SMILES string of the molecule is O=C1Nc2ccccc2C1=Cc1ccc(Cl)o1. The van der Waals surface area contributed by atoms with Crippen LogP contribution in [-0.4, -0.2) is 5.91 Å². The van der Waals surface area contributed by atoms with Crippen LogP contribution < -0.4 is 5.32 Å². The number of nitrogens with one attached hydrogen (secondary N) is 1. The van der Waals surface area contributed by atoms with E-state index in [0.717, 1.165) is 11.3 Å². The van der Waals surface area contributed by atoms with E-state index < -0.39 is 0 Å². The molecular weight excluding hydrogens is 238 g/mol. The Morgan fingerprint density at radius 2 is 2.00 bits per heavy atom. The largest absolute Gasteiger partial charge is 0.445 e. The van der Waals surface area contributed by atoms with Crippen LogP contribution in [0, 0.1) is 0 Å². The molecule has 2 heterocycles. The Kier molecular flexibility index (Phi) is 2.27. The van der Waals surface area contributed by atoms with Crippen LogP contribution in [0.15, 0.2) is 40.8 Å². The average Bonchev–Trinajstić information content (AvgIpc) is 2.85. The minimum atomic E-state index is -0.126. The van der Waals surface area contributed by atoms with E-state index in [1.54, 1.807) is 18.2 Å². The molecule has 0 fully saturated rings. The van der Waals surface area contributed by atoms with Crippen molar-refractivity contribution in [1.29, 1.82) is 0 Å². The van der Waals surface area contributed by atoms with E-state index in [-0.39, 0.29) is 5.91 Å². The van der Waals surface area contributed by atoms with Gasteiger partial charge in [-0.05, 0) is 35.9 Å². The summed E-state index contributed by atoms with van der Waals surface area (Å²) in [5.41, 5.74) is 2.29. The van der Waals surface area contributed by atoms with Gasteiger partial charge >= 0.3 is 0 Å². The van der Waals surface area contributed by atoms with Crippen LogP contribution >= 0.6 is 11.6 Å². The van der Waals surface area contributed by atoms with Crippen LogP contribution in [-0.2, 0) is 4.79 Å². The summed E-state index contributed by atoms with van der Waals surface area (Å²) in [6, 6.07) is 10.9. The van der Waals surface area contributed by atoms with Crippen molar-refractivity contribution in [3.8, 4) is 0 Å². The smallest absolute Gasteiger partial charge is 0.256 e. The molecule has 0 atom stereocenters. The Morgan fingerprint density at radius 3 is 2.76 bits per heavy atom. The summed E-state index contributed by atoms with van der Waals surface area (Å²) in [7, 11) is 0. The number of benzene rings is 1. The molecule has 17 heavy (non-hydrogen) atoms. The Bertz CT molecular complexity index is 628. The van der Waals surface area contributed by atoms with Crippen molar-refractivity contribution in [1.82, 2.24) is 0 Å².